The van der Waals surface area contributed by atoms with E-state index in [-0.39, 0.29) is 27.6 Å². The lowest BCUT2D eigenvalue weighted by molar-refractivity contribution is -0.141. The van der Waals surface area contributed by atoms with Gasteiger partial charge in [0.2, 0.25) is 0 Å². The number of hydrogen-bond acceptors (Lipinski definition) is 5. The average Bonchev–Trinajstić information content (AvgIpc) is 3.13. The second-order valence-corrected chi connectivity index (χ2v) is 8.49. The van der Waals surface area contributed by atoms with Gasteiger partial charge in [-0.2, -0.15) is 13.2 Å². The van der Waals surface area contributed by atoms with Crippen LogP contribution in [0.5, 0.6) is 5.75 Å². The first kappa shape index (κ1) is 24.4. The molecule has 4 rings (SSSR count). The monoisotopic (exact) mass is 529 g/mol. The van der Waals surface area contributed by atoms with E-state index in [9.17, 15) is 13.2 Å². The van der Waals surface area contributed by atoms with E-state index in [4.69, 9.17) is 45.3 Å². The second kappa shape index (κ2) is 9.13. The fourth-order valence-electron chi connectivity index (χ4n) is 3.70. The molecular formula is C22H17Cl3F3N5O. The molecule has 0 spiro atoms. The molecule has 12 heteroatoms. The number of nitrogens with zero attached hydrogens (tertiary/aromatic N) is 4. The van der Waals surface area contributed by atoms with Gasteiger partial charge in [-0.1, -0.05) is 47.8 Å². The number of anilines is 1. The summed E-state index contributed by atoms with van der Waals surface area (Å²) in [7, 11) is 0. The highest BCUT2D eigenvalue weighted by Crippen LogP contribution is 2.47. The van der Waals surface area contributed by atoms with Crippen molar-refractivity contribution in [1.82, 2.24) is 19.4 Å². The number of ether oxygens (including phenoxy) is 1. The minimum Gasteiger partial charge on any atom is -0.493 e. The smallest absolute Gasteiger partial charge is 0.433 e. The van der Waals surface area contributed by atoms with E-state index in [0.717, 1.165) is 12.3 Å². The van der Waals surface area contributed by atoms with Crippen molar-refractivity contribution >= 4 is 46.1 Å². The molecule has 3 heterocycles. The van der Waals surface area contributed by atoms with Gasteiger partial charge in [0.1, 0.15) is 22.8 Å². The molecule has 1 atom stereocenters. The number of halogens is 6. The minimum atomic E-state index is -4.57. The summed E-state index contributed by atoms with van der Waals surface area (Å²) in [4.78, 5) is 12.1. The molecule has 34 heavy (non-hydrogen) atoms. The Morgan fingerprint density at radius 2 is 1.91 bits per heavy atom. The molecule has 0 saturated heterocycles. The molecule has 178 valence electrons. The standard InChI is InChI=1S/C22H17Cl3F3N5O/c1-3-34-18-12(10(2)21-32-19(25)17-20(29)30-6-7-33(17)21)8-13(23)16(24)15(18)11-4-5-14(31-9-11)22(26,27)28/h4-10H,3H2,1-2H3,(H2,29,30). The summed E-state index contributed by atoms with van der Waals surface area (Å²) in [6, 6.07) is 3.79. The van der Waals surface area contributed by atoms with Crippen LogP contribution in [-0.2, 0) is 6.18 Å². The molecule has 0 bridgehead atoms. The fourth-order valence-corrected chi connectivity index (χ4v) is 4.44. The predicted octanol–water partition coefficient (Wildman–Crippen LogP) is 6.90. The zero-order chi connectivity index (χ0) is 24.8. The van der Waals surface area contributed by atoms with E-state index in [2.05, 4.69) is 15.0 Å². The summed E-state index contributed by atoms with van der Waals surface area (Å²) in [5, 5.41) is 0.495. The first-order valence-corrected chi connectivity index (χ1v) is 11.1. The molecule has 3 aromatic heterocycles. The van der Waals surface area contributed by atoms with Gasteiger partial charge in [-0.25, -0.2) is 9.97 Å². The highest BCUT2D eigenvalue weighted by molar-refractivity contribution is 6.44. The second-order valence-electron chi connectivity index (χ2n) is 7.34. The van der Waals surface area contributed by atoms with Crippen LogP contribution in [0.3, 0.4) is 0 Å². The summed E-state index contributed by atoms with van der Waals surface area (Å²) >= 11 is 19.3. The molecule has 0 radical (unpaired) electrons. The van der Waals surface area contributed by atoms with E-state index in [1.165, 1.54) is 12.3 Å². The van der Waals surface area contributed by atoms with Gasteiger partial charge < -0.3 is 10.5 Å². The number of nitrogen functional groups attached to an aromatic ring is 1. The third kappa shape index (κ3) is 4.23. The van der Waals surface area contributed by atoms with Crippen LogP contribution in [-0.4, -0.2) is 26.0 Å². The summed E-state index contributed by atoms with van der Waals surface area (Å²) in [6.45, 7) is 3.90. The van der Waals surface area contributed by atoms with Gasteiger partial charge in [0.05, 0.1) is 16.7 Å². The number of pyridine rings is 1. The number of fused-ring (bicyclic) bond motifs is 1. The Hall–Kier alpha value is -2.75. The van der Waals surface area contributed by atoms with Gasteiger partial charge in [0.25, 0.3) is 0 Å². The van der Waals surface area contributed by atoms with Crippen LogP contribution in [0.25, 0.3) is 16.6 Å². The molecule has 0 fully saturated rings. The Morgan fingerprint density at radius 3 is 2.53 bits per heavy atom. The van der Waals surface area contributed by atoms with Crippen LogP contribution in [0.15, 0.2) is 36.8 Å². The lowest BCUT2D eigenvalue weighted by Crippen LogP contribution is -2.09. The third-order valence-electron chi connectivity index (χ3n) is 5.25. The fraction of sp³-hybridized carbons (Fsp3) is 0.227. The number of benzene rings is 1. The third-order valence-corrected chi connectivity index (χ3v) is 6.30. The maximum atomic E-state index is 13.0. The van der Waals surface area contributed by atoms with Gasteiger partial charge in [0, 0.05) is 41.2 Å². The highest BCUT2D eigenvalue weighted by atomic mass is 35.5. The molecule has 0 saturated carbocycles. The Kier molecular flexibility index (Phi) is 6.54. The number of alkyl halides is 3. The number of aromatic nitrogens is 4. The molecule has 6 nitrogen and oxygen atoms in total. The first-order chi connectivity index (χ1) is 16.0. The summed E-state index contributed by atoms with van der Waals surface area (Å²) < 4.78 is 46.7. The summed E-state index contributed by atoms with van der Waals surface area (Å²) in [6.07, 6.45) is -0.286. The molecular weight excluding hydrogens is 514 g/mol. The SMILES string of the molecule is CCOc1c(C(C)c2nc(Cl)c3c(N)nccn23)cc(Cl)c(Cl)c1-c1ccc(C(F)(F)F)nc1. The Balaban J connectivity index is 1.93. The molecule has 1 unspecified atom stereocenters. The van der Waals surface area contributed by atoms with E-state index in [0.29, 0.717) is 33.8 Å². The molecule has 0 aliphatic rings. The largest absolute Gasteiger partial charge is 0.493 e. The maximum Gasteiger partial charge on any atom is 0.433 e. The maximum absolute atomic E-state index is 13.0. The van der Waals surface area contributed by atoms with Gasteiger partial charge in [-0.3, -0.25) is 9.38 Å². The van der Waals surface area contributed by atoms with Crippen LogP contribution in [0, 0.1) is 0 Å². The van der Waals surface area contributed by atoms with Gasteiger partial charge in [-0.05, 0) is 19.1 Å². The van der Waals surface area contributed by atoms with Crippen molar-refractivity contribution in [3.63, 3.8) is 0 Å². The predicted molar refractivity (Wildman–Crippen MR) is 126 cm³/mol. The highest BCUT2D eigenvalue weighted by Gasteiger charge is 2.33. The summed E-state index contributed by atoms with van der Waals surface area (Å²) in [5.41, 5.74) is 6.64. The molecule has 0 amide bonds. The van der Waals surface area contributed by atoms with Crippen molar-refractivity contribution in [2.24, 2.45) is 0 Å². The van der Waals surface area contributed by atoms with Gasteiger partial charge in [0.15, 0.2) is 11.0 Å². The number of imidazole rings is 1. The van der Waals surface area contributed by atoms with Gasteiger partial charge in [-0.15, -0.1) is 0 Å². The summed E-state index contributed by atoms with van der Waals surface area (Å²) in [5.74, 6) is 0.666. The number of nitrogens with two attached hydrogens (primary N) is 1. The van der Waals surface area contributed by atoms with Crippen molar-refractivity contribution in [2.75, 3.05) is 12.3 Å². The van der Waals surface area contributed by atoms with Crippen molar-refractivity contribution in [3.8, 4) is 16.9 Å². The van der Waals surface area contributed by atoms with Crippen molar-refractivity contribution in [3.05, 3.63) is 69.1 Å². The molecule has 0 aliphatic carbocycles. The Labute approximate surface area is 207 Å². The lowest BCUT2D eigenvalue weighted by Gasteiger charge is -2.21. The van der Waals surface area contributed by atoms with Crippen LogP contribution >= 0.6 is 34.8 Å². The zero-order valence-corrected chi connectivity index (χ0v) is 20.1. The van der Waals surface area contributed by atoms with Crippen LogP contribution in [0.4, 0.5) is 19.0 Å². The van der Waals surface area contributed by atoms with Gasteiger partial charge >= 0.3 is 6.18 Å². The van der Waals surface area contributed by atoms with E-state index in [1.54, 1.807) is 23.6 Å². The average molecular weight is 531 g/mol. The quantitative estimate of drug-likeness (QED) is 0.304. The van der Waals surface area contributed by atoms with Crippen LogP contribution in [0.1, 0.15) is 36.8 Å². The number of hydrogen-bond donors (Lipinski definition) is 1. The molecule has 4 aromatic rings. The van der Waals surface area contributed by atoms with E-state index >= 15 is 0 Å². The van der Waals surface area contributed by atoms with E-state index < -0.39 is 17.8 Å². The lowest BCUT2D eigenvalue weighted by atomic mass is 9.94. The zero-order valence-electron chi connectivity index (χ0n) is 17.8. The van der Waals surface area contributed by atoms with Crippen LogP contribution in [0.2, 0.25) is 15.2 Å². The normalized spacial score (nSPS) is 12.8. The van der Waals surface area contributed by atoms with Crippen molar-refractivity contribution in [2.45, 2.75) is 25.9 Å². The molecule has 0 aliphatic heterocycles. The van der Waals surface area contributed by atoms with Crippen LogP contribution < -0.4 is 10.5 Å². The van der Waals surface area contributed by atoms with E-state index in [1.807, 2.05) is 6.92 Å². The molecule has 1 aromatic carbocycles. The minimum absolute atomic E-state index is 0.127. The Bertz CT molecular complexity index is 1370. The van der Waals surface area contributed by atoms with Crippen molar-refractivity contribution < 1.29 is 17.9 Å². The first-order valence-electron chi connectivity index (χ1n) is 10.0. The molecule has 2 N–H and O–H groups in total. The number of rotatable bonds is 5. The topological polar surface area (TPSA) is 78.3 Å². The van der Waals surface area contributed by atoms with Crippen molar-refractivity contribution in [1.29, 1.82) is 0 Å². The Morgan fingerprint density at radius 1 is 1.18 bits per heavy atom.